The Bertz CT molecular complexity index is 524. The van der Waals surface area contributed by atoms with Gasteiger partial charge in [0.05, 0.1) is 0 Å². The number of benzene rings is 2. The summed E-state index contributed by atoms with van der Waals surface area (Å²) in [5.74, 6) is 0. The second-order valence-corrected chi connectivity index (χ2v) is 3.80. The maximum Gasteiger partial charge on any atom is -0.0250 e. The van der Waals surface area contributed by atoms with Crippen LogP contribution in [0.4, 0.5) is 0 Å². The number of rotatable bonds is 1. The van der Waals surface area contributed by atoms with Crippen LogP contribution in [0.5, 0.6) is 0 Å². The summed E-state index contributed by atoms with van der Waals surface area (Å²) in [7, 11) is 0. The third-order valence-electron chi connectivity index (χ3n) is 2.39. The minimum Gasteiger partial charge on any atom is -0.0918 e. The molecule has 0 aliphatic carbocycles. The molecule has 0 spiro atoms. The summed E-state index contributed by atoms with van der Waals surface area (Å²) in [6, 6.07) is 16.7. The van der Waals surface area contributed by atoms with Crippen LogP contribution in [0, 0.1) is 6.92 Å². The van der Waals surface area contributed by atoms with Crippen molar-refractivity contribution in [2.45, 2.75) is 6.92 Å². The van der Waals surface area contributed by atoms with Gasteiger partial charge in [0, 0.05) is 0 Å². The fourth-order valence-corrected chi connectivity index (χ4v) is 1.47. The van der Waals surface area contributed by atoms with E-state index in [-0.39, 0.29) is 0 Å². The van der Waals surface area contributed by atoms with Crippen LogP contribution >= 0.6 is 0 Å². The second kappa shape index (κ2) is 4.14. The Hall–Kier alpha value is -1.82. The van der Waals surface area contributed by atoms with Crippen molar-refractivity contribution in [1.82, 2.24) is 0 Å². The molecule has 2 aromatic rings. The molecule has 2 aromatic carbocycles. The van der Waals surface area contributed by atoms with E-state index in [0.29, 0.717) is 0 Å². The highest BCUT2D eigenvalue weighted by molar-refractivity contribution is 5.49. The fraction of sp³-hybridized carbons (Fsp3) is 0.0667. The summed E-state index contributed by atoms with van der Waals surface area (Å²) < 4.78 is 0. The molecule has 0 atom stereocenters. The van der Waals surface area contributed by atoms with Crippen molar-refractivity contribution in [3.05, 3.63) is 70.1 Å². The van der Waals surface area contributed by atoms with Gasteiger partial charge >= 0.3 is 0 Å². The summed E-state index contributed by atoms with van der Waals surface area (Å²) in [4.78, 5) is 0. The molecule has 0 unspecified atom stereocenters. The first-order valence-electron chi connectivity index (χ1n) is 5.07. The van der Waals surface area contributed by atoms with Crippen LogP contribution in [0.2, 0.25) is 0 Å². The minimum atomic E-state index is 1.05. The third kappa shape index (κ3) is 2.57. The van der Waals surface area contributed by atoms with Crippen molar-refractivity contribution in [1.29, 1.82) is 0 Å². The van der Waals surface area contributed by atoms with Crippen molar-refractivity contribution in [2.24, 2.45) is 0 Å². The number of aryl methyl sites for hydroxylation is 1. The molecule has 0 N–H and O–H groups in total. The summed E-state index contributed by atoms with van der Waals surface area (Å²) >= 11 is 0. The molecule has 74 valence electrons. The topological polar surface area (TPSA) is 0 Å². The van der Waals surface area contributed by atoms with Crippen LogP contribution in [-0.4, -0.2) is 0 Å². The molecular formula is C15H14. The van der Waals surface area contributed by atoms with Gasteiger partial charge in [0.15, 0.2) is 0 Å². The number of hydrogen-bond acceptors (Lipinski definition) is 0. The summed E-state index contributed by atoms with van der Waals surface area (Å²) in [5, 5.41) is 2.27. The Morgan fingerprint density at radius 1 is 0.867 bits per heavy atom. The molecule has 0 aliphatic heterocycles. The van der Waals surface area contributed by atoms with Crippen molar-refractivity contribution >= 4 is 12.7 Å². The second-order valence-electron chi connectivity index (χ2n) is 3.80. The van der Waals surface area contributed by atoms with Crippen LogP contribution < -0.4 is 10.4 Å². The summed E-state index contributed by atoms with van der Waals surface area (Å²) in [6.45, 7) is 5.96. The lowest BCUT2D eigenvalue weighted by Gasteiger charge is -1.94. The summed E-state index contributed by atoms with van der Waals surface area (Å²) in [6.07, 6.45) is 2.17. The average molecular weight is 194 g/mol. The Kier molecular flexibility index (Phi) is 2.68. The monoisotopic (exact) mass is 194 g/mol. The van der Waals surface area contributed by atoms with E-state index in [1.165, 1.54) is 16.3 Å². The van der Waals surface area contributed by atoms with Crippen LogP contribution in [0.3, 0.4) is 0 Å². The Morgan fingerprint density at radius 3 is 2.07 bits per heavy atom. The molecule has 0 nitrogen and oxygen atoms in total. The zero-order valence-electron chi connectivity index (χ0n) is 8.90. The fourth-order valence-electron chi connectivity index (χ4n) is 1.47. The van der Waals surface area contributed by atoms with Crippen LogP contribution in [0.25, 0.3) is 12.7 Å². The average Bonchev–Trinajstić information content (AvgIpc) is 2.25. The van der Waals surface area contributed by atoms with E-state index in [4.69, 9.17) is 0 Å². The molecule has 0 saturated carbocycles. The van der Waals surface area contributed by atoms with Crippen molar-refractivity contribution in [3.63, 3.8) is 0 Å². The van der Waals surface area contributed by atoms with Crippen LogP contribution in [0.15, 0.2) is 48.5 Å². The molecule has 0 radical (unpaired) electrons. The standard InChI is InChI=1S/C15H14/c1-12-3-7-14(8-4-12)11-15-9-5-13(2)6-10-15/h3-11H,1H2,2H3. The maximum atomic E-state index is 3.87. The molecule has 0 heteroatoms. The van der Waals surface area contributed by atoms with Gasteiger partial charge in [-0.05, 0) is 29.0 Å². The zero-order chi connectivity index (χ0) is 10.7. The first-order valence-corrected chi connectivity index (χ1v) is 5.07. The van der Waals surface area contributed by atoms with Gasteiger partial charge in [-0.25, -0.2) is 0 Å². The molecular weight excluding hydrogens is 180 g/mol. The highest BCUT2D eigenvalue weighted by Crippen LogP contribution is 2.02. The molecule has 0 saturated heterocycles. The molecule has 0 heterocycles. The predicted octanol–water partition coefficient (Wildman–Crippen LogP) is 2.23. The first-order chi connectivity index (χ1) is 7.24. The van der Waals surface area contributed by atoms with E-state index in [0.717, 1.165) is 5.22 Å². The lowest BCUT2D eigenvalue weighted by atomic mass is 10.1. The van der Waals surface area contributed by atoms with Gasteiger partial charge in [0.2, 0.25) is 0 Å². The number of hydrogen-bond donors (Lipinski definition) is 0. The Labute approximate surface area is 90.2 Å². The zero-order valence-corrected chi connectivity index (χ0v) is 8.90. The molecule has 0 aromatic heterocycles. The van der Waals surface area contributed by atoms with Gasteiger partial charge in [-0.2, -0.15) is 0 Å². The van der Waals surface area contributed by atoms with E-state index in [1.807, 2.05) is 12.1 Å². The Balaban J connectivity index is 2.42. The lowest BCUT2D eigenvalue weighted by Crippen LogP contribution is -2.05. The van der Waals surface area contributed by atoms with Crippen molar-refractivity contribution in [2.75, 3.05) is 0 Å². The summed E-state index contributed by atoms with van der Waals surface area (Å²) in [5.41, 5.74) is 2.53. The van der Waals surface area contributed by atoms with Crippen LogP contribution in [-0.2, 0) is 0 Å². The molecule has 15 heavy (non-hydrogen) atoms. The predicted molar refractivity (Wildman–Crippen MR) is 66.0 cm³/mol. The van der Waals surface area contributed by atoms with Gasteiger partial charge in [0.25, 0.3) is 0 Å². The van der Waals surface area contributed by atoms with Crippen LogP contribution in [0.1, 0.15) is 11.1 Å². The normalized spacial score (nSPS) is 9.93. The smallest absolute Gasteiger partial charge is 0.0250 e. The lowest BCUT2D eigenvalue weighted by molar-refractivity contribution is 1.46. The molecule has 0 amide bonds. The van der Waals surface area contributed by atoms with E-state index >= 15 is 0 Å². The van der Waals surface area contributed by atoms with Gasteiger partial charge < -0.3 is 0 Å². The first kappa shape index (κ1) is 9.72. The van der Waals surface area contributed by atoms with Gasteiger partial charge in [-0.15, -0.1) is 0 Å². The highest BCUT2D eigenvalue weighted by Gasteiger charge is 1.86. The van der Waals surface area contributed by atoms with Gasteiger partial charge in [-0.1, -0.05) is 60.7 Å². The molecule has 0 aliphatic rings. The van der Waals surface area contributed by atoms with Gasteiger partial charge in [-0.3, -0.25) is 0 Å². The van der Waals surface area contributed by atoms with E-state index in [9.17, 15) is 0 Å². The molecule has 0 bridgehead atoms. The SMILES string of the molecule is C=c1ccc(=Cc2ccc(C)cc2)cc1. The van der Waals surface area contributed by atoms with E-state index in [1.54, 1.807) is 0 Å². The third-order valence-corrected chi connectivity index (χ3v) is 2.39. The maximum absolute atomic E-state index is 3.87. The Morgan fingerprint density at radius 2 is 1.47 bits per heavy atom. The minimum absolute atomic E-state index is 1.05. The molecule has 2 rings (SSSR count). The van der Waals surface area contributed by atoms with Gasteiger partial charge in [0.1, 0.15) is 0 Å². The largest absolute Gasteiger partial charge is 0.0918 e. The van der Waals surface area contributed by atoms with E-state index in [2.05, 4.69) is 56.0 Å². The highest BCUT2D eigenvalue weighted by atomic mass is 13.9. The quantitative estimate of drug-likeness (QED) is 0.653. The molecule has 0 fully saturated rings. The van der Waals surface area contributed by atoms with E-state index < -0.39 is 0 Å². The van der Waals surface area contributed by atoms with Crippen molar-refractivity contribution < 1.29 is 0 Å². The van der Waals surface area contributed by atoms with Crippen molar-refractivity contribution in [3.8, 4) is 0 Å².